The van der Waals surface area contributed by atoms with Crippen LogP contribution in [0.25, 0.3) is 0 Å². The van der Waals surface area contributed by atoms with Gasteiger partial charge in [0.25, 0.3) is 5.91 Å². The molecule has 2 aromatic rings. The number of nitrogens with two attached hydrogens (primary N) is 1. The molecule has 0 saturated carbocycles. The number of nitrogens with zero attached hydrogens (tertiary/aromatic N) is 2. The van der Waals surface area contributed by atoms with Gasteiger partial charge >= 0.3 is 0 Å². The third-order valence-electron chi connectivity index (χ3n) is 2.63. The summed E-state index contributed by atoms with van der Waals surface area (Å²) >= 11 is 3.30. The van der Waals surface area contributed by atoms with E-state index in [1.165, 1.54) is 23.0 Å². The molecule has 0 radical (unpaired) electrons. The second kappa shape index (κ2) is 5.40. The van der Waals surface area contributed by atoms with Crippen LogP contribution in [0.1, 0.15) is 16.1 Å². The summed E-state index contributed by atoms with van der Waals surface area (Å²) in [5.41, 5.74) is 6.89. The molecule has 0 aliphatic rings. The van der Waals surface area contributed by atoms with Crippen LogP contribution in [0.4, 0.5) is 10.1 Å². The second-order valence-electron chi connectivity index (χ2n) is 3.99. The molecule has 1 heterocycles. The normalized spacial score (nSPS) is 10.5. The zero-order chi connectivity index (χ0) is 14.0. The van der Waals surface area contributed by atoms with Crippen LogP contribution in [0.3, 0.4) is 0 Å². The van der Waals surface area contributed by atoms with Crippen molar-refractivity contribution in [3.63, 3.8) is 0 Å². The molecule has 0 fully saturated rings. The average molecular weight is 327 g/mol. The number of carbonyl (C=O) groups is 1. The van der Waals surface area contributed by atoms with Gasteiger partial charge in [0, 0.05) is 18.1 Å². The number of hydrogen-bond donors (Lipinski definition) is 2. The smallest absolute Gasteiger partial charge is 0.271 e. The molecule has 0 unspecified atom stereocenters. The van der Waals surface area contributed by atoms with Gasteiger partial charge in [0.05, 0.1) is 11.9 Å². The van der Waals surface area contributed by atoms with Gasteiger partial charge in [-0.05, 0) is 23.8 Å². The molecule has 5 nitrogen and oxygen atoms in total. The van der Waals surface area contributed by atoms with Crippen molar-refractivity contribution in [1.29, 1.82) is 0 Å². The summed E-state index contributed by atoms with van der Waals surface area (Å²) in [6.45, 7) is 0.196. The van der Waals surface area contributed by atoms with Crippen LogP contribution in [0.5, 0.6) is 0 Å². The topological polar surface area (TPSA) is 72.9 Å². The first kappa shape index (κ1) is 13.5. The predicted octanol–water partition coefficient (Wildman–Crippen LogP) is 1.83. The number of amides is 1. The molecule has 0 atom stereocenters. The monoisotopic (exact) mass is 326 g/mol. The first-order chi connectivity index (χ1) is 8.99. The fourth-order valence-corrected chi connectivity index (χ4v) is 2.06. The van der Waals surface area contributed by atoms with Crippen molar-refractivity contribution < 1.29 is 9.18 Å². The van der Waals surface area contributed by atoms with Gasteiger partial charge < -0.3 is 11.1 Å². The highest BCUT2D eigenvalue weighted by Crippen LogP contribution is 2.18. The molecule has 100 valence electrons. The van der Waals surface area contributed by atoms with Gasteiger partial charge in [-0.3, -0.25) is 9.48 Å². The molecule has 0 spiro atoms. The molecule has 0 saturated heterocycles. The van der Waals surface area contributed by atoms with Gasteiger partial charge in [-0.2, -0.15) is 5.10 Å². The lowest BCUT2D eigenvalue weighted by Gasteiger charge is -2.08. The number of aryl methyl sites for hydroxylation is 1. The lowest BCUT2D eigenvalue weighted by Crippen LogP contribution is -2.26. The standard InChI is InChI=1S/C12H12BrFN4O/c1-18-11(10(15)6-17-18)12(19)16-5-7-4-8(14)2-3-9(7)13/h2-4,6H,5,15H2,1H3,(H,16,19). The Labute approximate surface area is 117 Å². The van der Waals surface area contributed by atoms with Gasteiger partial charge in [0.15, 0.2) is 0 Å². The largest absolute Gasteiger partial charge is 0.396 e. The molecule has 0 aliphatic heterocycles. The highest BCUT2D eigenvalue weighted by Gasteiger charge is 2.14. The quantitative estimate of drug-likeness (QED) is 0.903. The van der Waals surface area contributed by atoms with Crippen LogP contribution >= 0.6 is 15.9 Å². The van der Waals surface area contributed by atoms with Crippen LogP contribution in [-0.4, -0.2) is 15.7 Å². The summed E-state index contributed by atoms with van der Waals surface area (Å²) in [6.07, 6.45) is 1.41. The fourth-order valence-electron chi connectivity index (χ4n) is 1.67. The summed E-state index contributed by atoms with van der Waals surface area (Å²) in [7, 11) is 1.63. The highest BCUT2D eigenvalue weighted by atomic mass is 79.9. The third-order valence-corrected chi connectivity index (χ3v) is 3.40. The van der Waals surface area contributed by atoms with Gasteiger partial charge in [0.2, 0.25) is 0 Å². The van der Waals surface area contributed by atoms with Gasteiger partial charge in [-0.15, -0.1) is 0 Å². The zero-order valence-corrected chi connectivity index (χ0v) is 11.7. The van der Waals surface area contributed by atoms with Crippen molar-refractivity contribution in [2.45, 2.75) is 6.54 Å². The van der Waals surface area contributed by atoms with Crippen LogP contribution in [0, 0.1) is 5.82 Å². The van der Waals surface area contributed by atoms with E-state index in [-0.39, 0.29) is 24.0 Å². The maximum atomic E-state index is 13.1. The Kier molecular flexibility index (Phi) is 3.84. The van der Waals surface area contributed by atoms with E-state index in [0.717, 1.165) is 4.47 Å². The van der Waals surface area contributed by atoms with Crippen LogP contribution < -0.4 is 11.1 Å². The van der Waals surface area contributed by atoms with Crippen molar-refractivity contribution in [2.24, 2.45) is 7.05 Å². The number of rotatable bonds is 3. The minimum Gasteiger partial charge on any atom is -0.396 e. The molecule has 1 aromatic heterocycles. The Bertz CT molecular complexity index is 607. The van der Waals surface area contributed by atoms with E-state index in [9.17, 15) is 9.18 Å². The molecule has 1 amide bonds. The molecule has 3 N–H and O–H groups in total. The molecule has 0 aliphatic carbocycles. The molecular weight excluding hydrogens is 315 g/mol. The molecular formula is C12H12BrFN4O. The fraction of sp³-hybridized carbons (Fsp3) is 0.167. The van der Waals surface area contributed by atoms with Crippen molar-refractivity contribution in [3.8, 4) is 0 Å². The predicted molar refractivity (Wildman–Crippen MR) is 72.9 cm³/mol. The van der Waals surface area contributed by atoms with Crippen LogP contribution in [-0.2, 0) is 13.6 Å². The van der Waals surface area contributed by atoms with E-state index in [1.54, 1.807) is 13.1 Å². The van der Waals surface area contributed by atoms with E-state index >= 15 is 0 Å². The summed E-state index contributed by atoms with van der Waals surface area (Å²) in [5.74, 6) is -0.707. The van der Waals surface area contributed by atoms with E-state index < -0.39 is 0 Å². The molecule has 2 rings (SSSR count). The SMILES string of the molecule is Cn1ncc(N)c1C(=O)NCc1cc(F)ccc1Br. The first-order valence-corrected chi connectivity index (χ1v) is 6.28. The molecule has 0 bridgehead atoms. The maximum absolute atomic E-state index is 13.1. The number of aromatic nitrogens is 2. The molecule has 1 aromatic carbocycles. The Morgan fingerprint density at radius 2 is 2.32 bits per heavy atom. The summed E-state index contributed by atoms with van der Waals surface area (Å²) in [4.78, 5) is 12.0. The van der Waals surface area contributed by atoms with E-state index in [2.05, 4.69) is 26.3 Å². The number of carbonyl (C=O) groups excluding carboxylic acids is 1. The van der Waals surface area contributed by atoms with Crippen molar-refractivity contribution in [1.82, 2.24) is 15.1 Å². The highest BCUT2D eigenvalue weighted by molar-refractivity contribution is 9.10. The summed E-state index contributed by atoms with van der Waals surface area (Å²) in [5, 5.41) is 6.56. The Balaban J connectivity index is 2.11. The van der Waals surface area contributed by atoms with Crippen LogP contribution in [0.15, 0.2) is 28.9 Å². The number of nitrogen functional groups attached to an aromatic ring is 1. The second-order valence-corrected chi connectivity index (χ2v) is 4.84. The number of halogens is 2. The number of anilines is 1. The summed E-state index contributed by atoms with van der Waals surface area (Å²) < 4.78 is 15.2. The summed E-state index contributed by atoms with van der Waals surface area (Å²) in [6, 6.07) is 4.29. The maximum Gasteiger partial charge on any atom is 0.271 e. The average Bonchev–Trinajstić information content (AvgIpc) is 2.70. The molecule has 7 heteroatoms. The van der Waals surface area contributed by atoms with Crippen molar-refractivity contribution >= 4 is 27.5 Å². The Hall–Kier alpha value is -1.89. The van der Waals surface area contributed by atoms with Crippen molar-refractivity contribution in [2.75, 3.05) is 5.73 Å². The zero-order valence-electron chi connectivity index (χ0n) is 10.2. The van der Waals surface area contributed by atoms with Gasteiger partial charge in [-0.1, -0.05) is 15.9 Å². The minimum absolute atomic E-state index is 0.196. The van der Waals surface area contributed by atoms with E-state index in [1.807, 2.05) is 0 Å². The minimum atomic E-state index is -0.354. The van der Waals surface area contributed by atoms with E-state index in [4.69, 9.17) is 5.73 Å². The van der Waals surface area contributed by atoms with Crippen molar-refractivity contribution in [3.05, 3.63) is 45.9 Å². The third kappa shape index (κ3) is 2.93. The lowest BCUT2D eigenvalue weighted by molar-refractivity contribution is 0.0942. The lowest BCUT2D eigenvalue weighted by atomic mass is 10.2. The van der Waals surface area contributed by atoms with Crippen LogP contribution in [0.2, 0.25) is 0 Å². The first-order valence-electron chi connectivity index (χ1n) is 5.48. The Morgan fingerprint density at radius 3 is 2.95 bits per heavy atom. The van der Waals surface area contributed by atoms with E-state index in [0.29, 0.717) is 11.3 Å². The number of hydrogen-bond acceptors (Lipinski definition) is 3. The number of nitrogens with one attached hydrogen (secondary N) is 1. The van der Waals surface area contributed by atoms with Gasteiger partial charge in [0.1, 0.15) is 11.5 Å². The number of benzene rings is 1. The molecule has 19 heavy (non-hydrogen) atoms. The van der Waals surface area contributed by atoms with Gasteiger partial charge in [-0.25, -0.2) is 4.39 Å². The Morgan fingerprint density at radius 1 is 1.58 bits per heavy atom.